The molecule has 0 bridgehead atoms. The molecule has 0 aromatic rings. The van der Waals surface area contributed by atoms with Gasteiger partial charge in [-0.3, -0.25) is 24.0 Å². The van der Waals surface area contributed by atoms with Crippen LogP contribution >= 0.6 is 23.5 Å². The van der Waals surface area contributed by atoms with E-state index in [1.165, 1.54) is 13.8 Å². The first kappa shape index (κ1) is 38.0. The lowest BCUT2D eigenvalue weighted by Crippen LogP contribution is -2.53. The molecule has 40 heavy (non-hydrogen) atoms. The zero-order valence-corrected chi connectivity index (χ0v) is 24.4. The summed E-state index contributed by atoms with van der Waals surface area (Å²) < 4.78 is 14.4. The fourth-order valence-electron chi connectivity index (χ4n) is 2.47. The highest BCUT2D eigenvalue weighted by molar-refractivity contribution is 8.00. The first-order valence-corrected chi connectivity index (χ1v) is 15.5. The molecule has 0 aliphatic carbocycles. The molecule has 0 aliphatic heterocycles. The van der Waals surface area contributed by atoms with Crippen LogP contribution in [0.25, 0.3) is 0 Å². The second-order valence-corrected chi connectivity index (χ2v) is 11.9. The Morgan fingerprint density at radius 2 is 1.12 bits per heavy atom. The summed E-state index contributed by atoms with van der Waals surface area (Å²) in [5, 5.41) is 64.7. The summed E-state index contributed by atoms with van der Waals surface area (Å²) in [7, 11) is -2.35. The number of aliphatic hydroxyl groups is 4. The van der Waals surface area contributed by atoms with E-state index in [0.717, 1.165) is 23.5 Å². The number of thioether (sulfide) groups is 2. The average Bonchev–Trinajstić information content (AvgIpc) is 2.90. The first-order chi connectivity index (χ1) is 18.7. The van der Waals surface area contributed by atoms with Gasteiger partial charge < -0.3 is 46.6 Å². The van der Waals surface area contributed by atoms with Crippen molar-refractivity contribution in [2.75, 3.05) is 49.2 Å². The number of carbonyl (C=O) groups is 5. The van der Waals surface area contributed by atoms with Crippen molar-refractivity contribution < 1.29 is 58.8 Å². The van der Waals surface area contributed by atoms with Crippen molar-refractivity contribution in [2.45, 2.75) is 37.6 Å². The fourth-order valence-corrected chi connectivity index (χ4v) is 5.16. The number of aliphatic hydroxyl groups excluding tert-OH is 4. The topological polar surface area (TPSA) is 272 Å². The lowest BCUT2D eigenvalue weighted by atomic mass is 10.1. The maximum atomic E-state index is 12.1. The Bertz CT molecular complexity index is 801. The molecule has 3 amide bonds. The van der Waals surface area contributed by atoms with Crippen molar-refractivity contribution in [1.29, 1.82) is 0 Å². The summed E-state index contributed by atoms with van der Waals surface area (Å²) in [6, 6.07) is 0. The molecule has 3 unspecified atom stereocenters. The summed E-state index contributed by atoms with van der Waals surface area (Å²) in [5.74, 6) is -4.62. The van der Waals surface area contributed by atoms with E-state index in [1.807, 2.05) is 0 Å². The van der Waals surface area contributed by atoms with Crippen LogP contribution < -0.4 is 20.7 Å². The second kappa shape index (κ2) is 20.8. The molecule has 0 aromatic heterocycles. The largest absolute Gasteiger partial charge is 0.481 e. The Kier molecular flexibility index (Phi) is 19.8. The van der Waals surface area contributed by atoms with E-state index < -0.39 is 76.2 Å². The Hall–Kier alpha value is -2.00. The minimum absolute atomic E-state index is 0.00153. The van der Waals surface area contributed by atoms with Crippen molar-refractivity contribution in [1.82, 2.24) is 20.7 Å². The number of hydrogen-bond donors (Lipinski definition) is 10. The number of aliphatic carboxylic acids is 2. The van der Waals surface area contributed by atoms with Gasteiger partial charge in [-0.1, -0.05) is 13.8 Å². The molecule has 0 spiro atoms. The van der Waals surface area contributed by atoms with Gasteiger partial charge in [0.05, 0.1) is 23.3 Å². The van der Waals surface area contributed by atoms with E-state index in [-0.39, 0.29) is 49.2 Å². The normalized spacial score (nSPS) is 16.4. The van der Waals surface area contributed by atoms with Crippen LogP contribution in [0.3, 0.4) is 0 Å². The van der Waals surface area contributed by atoms with Crippen LogP contribution in [0.15, 0.2) is 0 Å². The van der Waals surface area contributed by atoms with Crippen LogP contribution in [0, 0.1) is 11.8 Å². The molecule has 0 rings (SSSR count). The Balaban J connectivity index is 4.25. The molecule has 232 valence electrons. The lowest BCUT2D eigenvalue weighted by molar-refractivity contribution is -0.143. The van der Waals surface area contributed by atoms with Gasteiger partial charge in [-0.25, -0.2) is 8.93 Å². The quantitative estimate of drug-likeness (QED) is 0.0507. The zero-order chi connectivity index (χ0) is 30.8. The van der Waals surface area contributed by atoms with E-state index in [9.17, 15) is 48.6 Å². The molecule has 0 fully saturated rings. The predicted octanol–water partition coefficient (Wildman–Crippen LogP) is -4.10. The van der Waals surface area contributed by atoms with Crippen molar-refractivity contribution in [3.63, 3.8) is 0 Å². The van der Waals surface area contributed by atoms with Crippen LogP contribution in [-0.4, -0.2) is 137 Å². The van der Waals surface area contributed by atoms with Gasteiger partial charge in [0, 0.05) is 37.7 Å². The fraction of sp³-hybridized carbons (Fsp3) is 0.762. The Labute approximate surface area is 242 Å². The van der Waals surface area contributed by atoms with Gasteiger partial charge in [-0.2, -0.15) is 23.5 Å². The third-order valence-electron chi connectivity index (χ3n) is 4.94. The van der Waals surface area contributed by atoms with Crippen molar-refractivity contribution in [3.8, 4) is 0 Å². The second-order valence-electron chi connectivity index (χ2n) is 8.51. The number of nitrogens with one attached hydrogen (secondary N) is 4. The number of carbonyl (C=O) groups excluding carboxylic acids is 3. The van der Waals surface area contributed by atoms with Gasteiger partial charge in [0.1, 0.15) is 23.2 Å². The van der Waals surface area contributed by atoms with Gasteiger partial charge in [0.25, 0.3) is 5.91 Å². The maximum Gasteiger partial charge on any atom is 0.307 e. The molecule has 0 aliphatic rings. The molecule has 0 heterocycles. The first-order valence-electron chi connectivity index (χ1n) is 12.0. The van der Waals surface area contributed by atoms with Gasteiger partial charge in [0.15, 0.2) is 11.5 Å². The predicted molar refractivity (Wildman–Crippen MR) is 147 cm³/mol. The summed E-state index contributed by atoms with van der Waals surface area (Å²) >= 11 is 2.24. The van der Waals surface area contributed by atoms with Crippen LogP contribution in [-0.2, 0) is 35.0 Å². The molecule has 0 aromatic carbocycles. The maximum absolute atomic E-state index is 12.1. The molecule has 0 saturated carbocycles. The highest BCUT2D eigenvalue weighted by Crippen LogP contribution is 2.09. The van der Waals surface area contributed by atoms with Gasteiger partial charge in [-0.15, -0.1) is 0 Å². The zero-order valence-electron chi connectivity index (χ0n) is 22.0. The smallest absolute Gasteiger partial charge is 0.307 e. The monoisotopic (exact) mass is 634 g/mol. The number of carboxylic acids is 2. The van der Waals surface area contributed by atoms with E-state index in [4.69, 9.17) is 10.2 Å². The van der Waals surface area contributed by atoms with Crippen LogP contribution in [0.2, 0.25) is 0 Å². The molecule has 19 heteroatoms. The van der Waals surface area contributed by atoms with Crippen molar-refractivity contribution >= 4 is 64.2 Å². The molecular weight excluding hydrogens is 596 g/mol. The van der Waals surface area contributed by atoms with E-state index in [2.05, 4.69) is 20.7 Å². The Morgan fingerprint density at radius 1 is 0.700 bits per heavy atom. The highest BCUT2D eigenvalue weighted by atomic mass is 32.2. The van der Waals surface area contributed by atoms with E-state index >= 15 is 0 Å². The van der Waals surface area contributed by atoms with Gasteiger partial charge >= 0.3 is 11.9 Å². The molecular formula is C21H38N4O12S3. The van der Waals surface area contributed by atoms with Gasteiger partial charge in [0.2, 0.25) is 11.8 Å². The molecule has 0 radical (unpaired) electrons. The van der Waals surface area contributed by atoms with E-state index in [0.29, 0.717) is 0 Å². The summed E-state index contributed by atoms with van der Waals surface area (Å²) in [4.78, 5) is 56.9. The number of rotatable bonds is 22. The number of amides is 3. The van der Waals surface area contributed by atoms with Crippen molar-refractivity contribution in [2.24, 2.45) is 11.8 Å². The van der Waals surface area contributed by atoms with E-state index in [1.54, 1.807) is 0 Å². The average molecular weight is 635 g/mol. The third-order valence-corrected chi connectivity index (χ3v) is 8.55. The Morgan fingerprint density at radius 3 is 1.57 bits per heavy atom. The molecule has 10 N–H and O–H groups in total. The minimum Gasteiger partial charge on any atom is -0.481 e. The summed E-state index contributed by atoms with van der Waals surface area (Å²) in [5.41, 5.74) is -2.11. The van der Waals surface area contributed by atoms with Crippen LogP contribution in [0.5, 0.6) is 0 Å². The summed E-state index contributed by atoms with van der Waals surface area (Å²) in [6.45, 7) is 2.69. The lowest BCUT2D eigenvalue weighted by Gasteiger charge is -2.25. The van der Waals surface area contributed by atoms with Gasteiger partial charge in [-0.05, 0) is 0 Å². The number of hydrogen-bond acceptors (Lipinski definition) is 12. The van der Waals surface area contributed by atoms with Crippen LogP contribution in [0.4, 0.5) is 0 Å². The SMILES string of the molecule is CC(CSCC(=O)NCCNC(=O)[C@@H](O)[C@H](O)[C@H](O)[C@@H](O)S(=O)NCCNC(=O)CSCC(C)C(=O)O)C(=O)O. The standard InChI is InChI=1S/C21H38N4O12S3/c1-11(19(32)33)7-38-9-13(26)22-3-4-24-18(31)16(29)15(28)17(30)21(36)40(37)25-6-5-23-14(27)10-39-8-12(2)20(34)35/h11-12,15-17,21,25,28-30,36H,3-10H2,1-2H3,(H,22,26)(H,23,27)(H,24,31)(H,32,33)(H,34,35)/t11?,12?,15-,16-,17-,21-,40?/m0/s1. The van der Waals surface area contributed by atoms with Crippen LogP contribution in [0.1, 0.15) is 13.8 Å². The van der Waals surface area contributed by atoms with Crippen molar-refractivity contribution in [3.05, 3.63) is 0 Å². The summed E-state index contributed by atoms with van der Waals surface area (Å²) in [6.07, 6.45) is -6.61. The molecule has 0 saturated heterocycles. The minimum atomic E-state index is -2.35. The third kappa shape index (κ3) is 16.3. The number of carboxylic acid groups (broad SMARTS) is 2. The highest BCUT2D eigenvalue weighted by Gasteiger charge is 2.36. The molecule has 7 atom stereocenters. The molecule has 16 nitrogen and oxygen atoms in total.